The summed E-state index contributed by atoms with van der Waals surface area (Å²) in [4.78, 5) is 10.7. The number of halogens is 1. The van der Waals surface area contributed by atoms with Crippen molar-refractivity contribution in [3.8, 4) is 0 Å². The lowest BCUT2D eigenvalue weighted by Gasteiger charge is -2.08. The summed E-state index contributed by atoms with van der Waals surface area (Å²) in [5.41, 5.74) is 2.60. The highest BCUT2D eigenvalue weighted by atomic mass is 19.1. The average Bonchev–Trinajstić information content (AvgIpc) is 2.45. The molecule has 0 aliphatic carbocycles. The van der Waals surface area contributed by atoms with Crippen molar-refractivity contribution in [2.75, 3.05) is 5.32 Å². The van der Waals surface area contributed by atoms with Crippen LogP contribution in [0.5, 0.6) is 0 Å². The number of rotatable bonds is 5. The van der Waals surface area contributed by atoms with Crippen molar-refractivity contribution in [3.05, 3.63) is 65.0 Å². The van der Waals surface area contributed by atoms with Crippen molar-refractivity contribution in [3.63, 3.8) is 0 Å². The first kappa shape index (κ1) is 14.1. The molecule has 0 unspecified atom stereocenters. The van der Waals surface area contributed by atoms with Gasteiger partial charge in [-0.2, -0.15) is 0 Å². The zero-order chi connectivity index (χ0) is 14.5. The molecule has 0 heterocycles. The van der Waals surface area contributed by atoms with Crippen molar-refractivity contribution in [1.29, 1.82) is 0 Å². The van der Waals surface area contributed by atoms with Gasteiger partial charge in [-0.3, -0.25) is 0 Å². The third-order valence-corrected chi connectivity index (χ3v) is 3.13. The predicted octanol–water partition coefficient (Wildman–Crippen LogP) is 3.70. The van der Waals surface area contributed by atoms with Crippen LogP contribution in [0.15, 0.2) is 42.5 Å². The van der Waals surface area contributed by atoms with Gasteiger partial charge < -0.3 is 10.4 Å². The first-order chi connectivity index (χ1) is 9.60. The Labute approximate surface area is 117 Å². The van der Waals surface area contributed by atoms with Gasteiger partial charge in [0.15, 0.2) is 0 Å². The molecule has 0 saturated heterocycles. The number of nitrogens with one attached hydrogen (secondary N) is 1. The van der Waals surface area contributed by atoms with Gasteiger partial charge in [0.1, 0.15) is 5.82 Å². The van der Waals surface area contributed by atoms with Gasteiger partial charge in [-0.1, -0.05) is 31.2 Å². The highest BCUT2D eigenvalue weighted by molar-refractivity contribution is 5.88. The second kappa shape index (κ2) is 6.19. The number of carboxylic acid groups (broad SMARTS) is 1. The Bertz CT molecular complexity index is 608. The molecule has 0 fully saturated rings. The molecule has 2 rings (SSSR count). The number of carbonyl (C=O) groups is 1. The molecule has 0 aliphatic rings. The molecular weight excluding hydrogens is 257 g/mol. The van der Waals surface area contributed by atoms with Crippen LogP contribution in [0.2, 0.25) is 0 Å². The summed E-state index contributed by atoms with van der Waals surface area (Å²) in [5.74, 6) is -1.99. The van der Waals surface area contributed by atoms with Gasteiger partial charge in [0.25, 0.3) is 0 Å². The van der Waals surface area contributed by atoms with Crippen molar-refractivity contribution < 1.29 is 14.3 Å². The van der Waals surface area contributed by atoms with Crippen LogP contribution in [0.1, 0.15) is 28.4 Å². The number of aryl methyl sites for hydroxylation is 1. The molecule has 2 aromatic rings. The van der Waals surface area contributed by atoms with Gasteiger partial charge in [-0.25, -0.2) is 9.18 Å². The van der Waals surface area contributed by atoms with E-state index >= 15 is 0 Å². The molecule has 3 nitrogen and oxygen atoms in total. The Kier molecular flexibility index (Phi) is 4.35. The molecule has 2 N–H and O–H groups in total. The van der Waals surface area contributed by atoms with Crippen molar-refractivity contribution in [2.45, 2.75) is 19.9 Å². The van der Waals surface area contributed by atoms with Crippen molar-refractivity contribution in [2.24, 2.45) is 0 Å². The Hall–Kier alpha value is -2.36. The summed E-state index contributed by atoms with van der Waals surface area (Å²) in [6, 6.07) is 12.2. The minimum atomic E-state index is -1.26. The molecule has 20 heavy (non-hydrogen) atoms. The van der Waals surface area contributed by atoms with Crippen LogP contribution in [-0.2, 0) is 13.0 Å². The first-order valence-corrected chi connectivity index (χ1v) is 6.44. The van der Waals surface area contributed by atoms with Gasteiger partial charge in [0.2, 0.25) is 0 Å². The standard InChI is InChI=1S/C16H16FNO2/c1-2-11-3-5-12(6-4-11)10-18-13-7-8-14(16(19)20)15(17)9-13/h3-9,18H,2,10H2,1H3,(H,19,20). The van der Waals surface area contributed by atoms with E-state index in [0.717, 1.165) is 12.0 Å². The van der Waals surface area contributed by atoms with Gasteiger partial charge in [-0.05, 0) is 35.7 Å². The molecule has 0 spiro atoms. The number of aromatic carboxylic acids is 1. The normalized spacial score (nSPS) is 10.3. The quantitative estimate of drug-likeness (QED) is 0.873. The summed E-state index contributed by atoms with van der Waals surface area (Å²) < 4.78 is 13.5. The zero-order valence-corrected chi connectivity index (χ0v) is 11.2. The van der Waals surface area contributed by atoms with Gasteiger partial charge >= 0.3 is 5.97 Å². The third-order valence-electron chi connectivity index (χ3n) is 3.13. The molecule has 0 saturated carbocycles. The van der Waals surface area contributed by atoms with Crippen LogP contribution in [-0.4, -0.2) is 11.1 Å². The SMILES string of the molecule is CCc1ccc(CNc2ccc(C(=O)O)c(F)c2)cc1. The van der Waals surface area contributed by atoms with E-state index in [1.165, 1.54) is 17.7 Å². The molecule has 4 heteroatoms. The van der Waals surface area contributed by atoms with E-state index in [9.17, 15) is 9.18 Å². The van der Waals surface area contributed by atoms with Crippen LogP contribution in [0, 0.1) is 5.82 Å². The van der Waals surface area contributed by atoms with Gasteiger partial charge in [0.05, 0.1) is 5.56 Å². The first-order valence-electron chi connectivity index (χ1n) is 6.44. The maximum atomic E-state index is 13.5. The minimum absolute atomic E-state index is 0.317. The van der Waals surface area contributed by atoms with Gasteiger partial charge in [0, 0.05) is 12.2 Å². The predicted molar refractivity (Wildman–Crippen MR) is 76.5 cm³/mol. The Morgan fingerprint density at radius 1 is 1.15 bits per heavy atom. The van der Waals surface area contributed by atoms with Crippen LogP contribution < -0.4 is 5.32 Å². The number of hydrogen-bond acceptors (Lipinski definition) is 2. The molecule has 0 aliphatic heterocycles. The van der Waals surface area contributed by atoms with Gasteiger partial charge in [-0.15, -0.1) is 0 Å². The Morgan fingerprint density at radius 3 is 2.35 bits per heavy atom. The summed E-state index contributed by atoms with van der Waals surface area (Å²) in [6.45, 7) is 2.66. The minimum Gasteiger partial charge on any atom is -0.478 e. The summed E-state index contributed by atoms with van der Waals surface area (Å²) in [5, 5.41) is 11.8. The number of anilines is 1. The lowest BCUT2D eigenvalue weighted by atomic mass is 10.1. The summed E-state index contributed by atoms with van der Waals surface area (Å²) >= 11 is 0. The van der Waals surface area contributed by atoms with Crippen LogP contribution in [0.3, 0.4) is 0 Å². The molecule has 0 amide bonds. The lowest BCUT2D eigenvalue weighted by molar-refractivity contribution is 0.0692. The average molecular weight is 273 g/mol. The number of benzene rings is 2. The van der Waals surface area contributed by atoms with E-state index in [1.807, 2.05) is 12.1 Å². The fourth-order valence-corrected chi connectivity index (χ4v) is 1.90. The largest absolute Gasteiger partial charge is 0.478 e. The molecular formula is C16H16FNO2. The third kappa shape index (κ3) is 3.35. The number of carboxylic acids is 1. The van der Waals surface area contributed by atoms with Crippen LogP contribution in [0.4, 0.5) is 10.1 Å². The van der Waals surface area contributed by atoms with E-state index in [0.29, 0.717) is 12.2 Å². The summed E-state index contributed by atoms with van der Waals surface area (Å²) in [6.07, 6.45) is 0.996. The fraction of sp³-hybridized carbons (Fsp3) is 0.188. The Morgan fingerprint density at radius 2 is 1.80 bits per heavy atom. The zero-order valence-electron chi connectivity index (χ0n) is 11.2. The lowest BCUT2D eigenvalue weighted by Crippen LogP contribution is -2.03. The van der Waals surface area contributed by atoms with E-state index < -0.39 is 11.8 Å². The highest BCUT2D eigenvalue weighted by Crippen LogP contribution is 2.16. The highest BCUT2D eigenvalue weighted by Gasteiger charge is 2.10. The topological polar surface area (TPSA) is 49.3 Å². The smallest absolute Gasteiger partial charge is 0.338 e. The van der Waals surface area contributed by atoms with E-state index in [2.05, 4.69) is 24.4 Å². The van der Waals surface area contributed by atoms with E-state index in [-0.39, 0.29) is 5.56 Å². The molecule has 0 aromatic heterocycles. The van der Waals surface area contributed by atoms with E-state index in [4.69, 9.17) is 5.11 Å². The fourth-order valence-electron chi connectivity index (χ4n) is 1.90. The van der Waals surface area contributed by atoms with Crippen molar-refractivity contribution >= 4 is 11.7 Å². The molecule has 0 radical (unpaired) electrons. The second-order valence-electron chi connectivity index (χ2n) is 4.52. The Balaban J connectivity index is 2.03. The maximum absolute atomic E-state index is 13.5. The van der Waals surface area contributed by atoms with E-state index in [1.54, 1.807) is 6.07 Å². The second-order valence-corrected chi connectivity index (χ2v) is 4.52. The summed E-state index contributed by atoms with van der Waals surface area (Å²) in [7, 11) is 0. The molecule has 0 bridgehead atoms. The monoisotopic (exact) mass is 273 g/mol. The maximum Gasteiger partial charge on any atom is 0.338 e. The molecule has 104 valence electrons. The molecule has 0 atom stereocenters. The number of hydrogen-bond donors (Lipinski definition) is 2. The van der Waals surface area contributed by atoms with Crippen LogP contribution >= 0.6 is 0 Å². The van der Waals surface area contributed by atoms with Crippen molar-refractivity contribution in [1.82, 2.24) is 0 Å². The van der Waals surface area contributed by atoms with Crippen LogP contribution in [0.25, 0.3) is 0 Å². The molecule has 2 aromatic carbocycles.